The van der Waals surface area contributed by atoms with Gasteiger partial charge < -0.3 is 20.2 Å². The SMILES string of the molecule is Cc1nc(C2CCC(=O)NC2=O)ccc1N1CC(N2CCC(N3CCC(n4cc5cc(NC(=O)c6ccc7cc(C#N)cnn67)c(C(C)(C)O)cc5n4)CC3)CC2)C1. The van der Waals surface area contributed by atoms with Gasteiger partial charge in [-0.25, -0.2) is 4.52 Å². The summed E-state index contributed by atoms with van der Waals surface area (Å²) in [5.41, 5.74) is 4.79. The van der Waals surface area contributed by atoms with E-state index in [1.807, 2.05) is 25.1 Å². The number of nitrogens with zero attached hydrogens (tertiary/aromatic N) is 9. The number of imide groups is 1. The Morgan fingerprint density at radius 1 is 0.948 bits per heavy atom. The molecule has 300 valence electrons. The summed E-state index contributed by atoms with van der Waals surface area (Å²) in [6.07, 6.45) is 8.69. The lowest BCUT2D eigenvalue weighted by molar-refractivity contribution is -0.134. The van der Waals surface area contributed by atoms with Crippen LogP contribution in [0.4, 0.5) is 11.4 Å². The predicted octanol–water partition coefficient (Wildman–Crippen LogP) is 4.25. The lowest BCUT2D eigenvalue weighted by Crippen LogP contribution is -2.62. The number of aliphatic hydroxyl groups is 1. The van der Waals surface area contributed by atoms with E-state index in [1.54, 1.807) is 32.0 Å². The van der Waals surface area contributed by atoms with E-state index in [2.05, 4.69) is 53.4 Å². The van der Waals surface area contributed by atoms with Crippen LogP contribution in [0, 0.1) is 18.3 Å². The minimum Gasteiger partial charge on any atom is -0.386 e. The molecule has 5 aromatic rings. The first-order chi connectivity index (χ1) is 27.9. The molecular formula is C43H49N11O4. The second-order valence-electron chi connectivity index (χ2n) is 16.9. The normalized spacial score (nSPS) is 20.7. The Morgan fingerprint density at radius 3 is 2.36 bits per heavy atom. The summed E-state index contributed by atoms with van der Waals surface area (Å²) in [7, 11) is 0. The number of hydrogen-bond donors (Lipinski definition) is 3. The van der Waals surface area contributed by atoms with Gasteiger partial charge in [0.1, 0.15) is 11.8 Å². The third kappa shape index (κ3) is 7.20. The third-order valence-corrected chi connectivity index (χ3v) is 12.7. The van der Waals surface area contributed by atoms with Crippen molar-refractivity contribution < 1.29 is 19.5 Å². The first kappa shape index (κ1) is 37.9. The van der Waals surface area contributed by atoms with E-state index in [-0.39, 0.29) is 29.7 Å². The highest BCUT2D eigenvalue weighted by Gasteiger charge is 2.37. The first-order valence-electron chi connectivity index (χ1n) is 20.4. The van der Waals surface area contributed by atoms with Crippen molar-refractivity contribution >= 4 is 45.5 Å². The van der Waals surface area contributed by atoms with Crippen LogP contribution in [0.2, 0.25) is 0 Å². The number of carbonyl (C=O) groups is 3. The van der Waals surface area contributed by atoms with Crippen LogP contribution < -0.4 is 15.5 Å². The predicted molar refractivity (Wildman–Crippen MR) is 217 cm³/mol. The number of fused-ring (bicyclic) bond motifs is 2. The molecule has 15 nitrogen and oxygen atoms in total. The largest absolute Gasteiger partial charge is 0.386 e. The number of aryl methyl sites for hydroxylation is 1. The molecule has 4 aromatic heterocycles. The summed E-state index contributed by atoms with van der Waals surface area (Å²) < 4.78 is 3.58. The number of amides is 3. The van der Waals surface area contributed by atoms with E-state index in [0.29, 0.717) is 53.0 Å². The minimum atomic E-state index is -1.23. The monoisotopic (exact) mass is 783 g/mol. The van der Waals surface area contributed by atoms with Crippen molar-refractivity contribution in [1.82, 2.24) is 39.5 Å². The van der Waals surface area contributed by atoms with Gasteiger partial charge >= 0.3 is 0 Å². The van der Waals surface area contributed by atoms with Gasteiger partial charge in [-0.15, -0.1) is 0 Å². The Kier molecular flexibility index (Phi) is 9.74. The molecule has 3 N–H and O–H groups in total. The zero-order valence-corrected chi connectivity index (χ0v) is 33.2. The number of likely N-dealkylation sites (tertiary alicyclic amines) is 2. The molecule has 0 saturated carbocycles. The van der Waals surface area contributed by atoms with Crippen LogP contribution in [0.3, 0.4) is 0 Å². The van der Waals surface area contributed by atoms with Crippen LogP contribution in [0.25, 0.3) is 16.4 Å². The lowest BCUT2D eigenvalue weighted by Gasteiger charge is -2.50. The van der Waals surface area contributed by atoms with Crippen molar-refractivity contribution in [3.05, 3.63) is 83.1 Å². The van der Waals surface area contributed by atoms with Crippen molar-refractivity contribution in [1.29, 1.82) is 5.26 Å². The molecule has 8 heterocycles. The summed E-state index contributed by atoms with van der Waals surface area (Å²) >= 11 is 0. The van der Waals surface area contributed by atoms with Gasteiger partial charge in [0, 0.05) is 80.6 Å². The minimum absolute atomic E-state index is 0.209. The zero-order chi connectivity index (χ0) is 40.3. The number of carbonyl (C=O) groups excluding carboxylic acids is 3. The van der Waals surface area contributed by atoms with Crippen LogP contribution in [-0.2, 0) is 15.2 Å². The summed E-state index contributed by atoms with van der Waals surface area (Å²) in [4.78, 5) is 50.0. The average molecular weight is 784 g/mol. The van der Waals surface area contributed by atoms with Gasteiger partial charge in [0.25, 0.3) is 5.91 Å². The van der Waals surface area contributed by atoms with E-state index >= 15 is 0 Å². The Bertz CT molecular complexity index is 2460. The van der Waals surface area contributed by atoms with Crippen molar-refractivity contribution in [2.75, 3.05) is 49.5 Å². The molecule has 15 heteroatoms. The Morgan fingerprint density at radius 2 is 1.67 bits per heavy atom. The molecule has 0 radical (unpaired) electrons. The molecule has 0 aliphatic carbocycles. The molecule has 4 fully saturated rings. The maximum Gasteiger partial charge on any atom is 0.274 e. The highest BCUT2D eigenvalue weighted by atomic mass is 16.3. The molecule has 4 saturated heterocycles. The number of anilines is 2. The van der Waals surface area contributed by atoms with Crippen molar-refractivity contribution in [2.24, 2.45) is 0 Å². The molecule has 1 unspecified atom stereocenters. The van der Waals surface area contributed by atoms with Gasteiger partial charge in [-0.1, -0.05) is 0 Å². The highest BCUT2D eigenvalue weighted by Crippen LogP contribution is 2.35. The van der Waals surface area contributed by atoms with E-state index < -0.39 is 5.60 Å². The molecule has 3 amide bonds. The molecule has 0 spiro atoms. The van der Waals surface area contributed by atoms with Gasteiger partial charge in [-0.3, -0.25) is 34.3 Å². The number of rotatable bonds is 8. The van der Waals surface area contributed by atoms with Gasteiger partial charge in [0.2, 0.25) is 11.8 Å². The van der Waals surface area contributed by atoms with E-state index in [1.165, 1.54) is 10.7 Å². The van der Waals surface area contributed by atoms with E-state index in [0.717, 1.165) is 92.9 Å². The van der Waals surface area contributed by atoms with Crippen LogP contribution in [-0.4, -0.2) is 108 Å². The Hall–Kier alpha value is -5.69. The summed E-state index contributed by atoms with van der Waals surface area (Å²) in [6.45, 7) is 11.6. The molecule has 1 atom stereocenters. The number of hydrogen-bond acceptors (Lipinski definition) is 11. The Balaban J connectivity index is 0.783. The van der Waals surface area contributed by atoms with Crippen LogP contribution in [0.1, 0.15) is 97.3 Å². The third-order valence-electron chi connectivity index (χ3n) is 12.7. The van der Waals surface area contributed by atoms with Crippen molar-refractivity contribution in [3.63, 3.8) is 0 Å². The van der Waals surface area contributed by atoms with Gasteiger partial charge in [-0.05, 0) is 95.3 Å². The first-order valence-corrected chi connectivity index (χ1v) is 20.4. The number of benzene rings is 1. The average Bonchev–Trinajstić information content (AvgIpc) is 3.82. The zero-order valence-electron chi connectivity index (χ0n) is 33.2. The summed E-state index contributed by atoms with van der Waals surface area (Å²) in [6, 6.07) is 16.4. The molecule has 4 aliphatic rings. The van der Waals surface area contributed by atoms with Gasteiger partial charge in [0.05, 0.1) is 57.4 Å². The van der Waals surface area contributed by atoms with Gasteiger partial charge in [-0.2, -0.15) is 15.5 Å². The fourth-order valence-corrected chi connectivity index (χ4v) is 9.40. The second-order valence-corrected chi connectivity index (χ2v) is 16.9. The maximum atomic E-state index is 13.5. The topological polar surface area (TPSA) is 177 Å². The lowest BCUT2D eigenvalue weighted by atomic mass is 9.93. The second kappa shape index (κ2) is 14.9. The fraction of sp³-hybridized carbons (Fsp3) is 0.465. The maximum absolute atomic E-state index is 13.5. The summed E-state index contributed by atoms with van der Waals surface area (Å²) in [5, 5.41) is 36.0. The molecule has 9 rings (SSSR count). The number of nitriles is 1. The highest BCUT2D eigenvalue weighted by molar-refractivity contribution is 6.05. The van der Waals surface area contributed by atoms with E-state index in [9.17, 15) is 24.8 Å². The molecular weight excluding hydrogens is 735 g/mol. The van der Waals surface area contributed by atoms with E-state index in [4.69, 9.17) is 10.1 Å². The number of piperidine rings is 3. The number of aromatic nitrogens is 5. The van der Waals surface area contributed by atoms with Gasteiger partial charge in [0.15, 0.2) is 0 Å². The fourth-order valence-electron chi connectivity index (χ4n) is 9.40. The van der Waals surface area contributed by atoms with Crippen molar-refractivity contribution in [3.8, 4) is 6.07 Å². The van der Waals surface area contributed by atoms with Crippen LogP contribution in [0.5, 0.6) is 0 Å². The van der Waals surface area contributed by atoms with Crippen LogP contribution >= 0.6 is 0 Å². The number of pyridine rings is 1. The standard InChI is InChI=1S/C43H49N11O4/c1-26-38(8-6-35(46-26)33-5-9-40(55)48-41(33)56)52-24-32(25-52)51-14-10-29(11-15-51)50-16-12-30(13-17-50)53-23-28-19-37(34(43(2,3)58)20-36(28)49-53)47-42(57)39-7-4-31-18-27(21-44)22-45-54(31)39/h4,6-8,18-20,22-23,29-30,32-33,58H,5,9-17,24-25H2,1-3H3,(H,47,57)(H,48,55,56). The molecule has 58 heavy (non-hydrogen) atoms. The van der Waals surface area contributed by atoms with Crippen molar-refractivity contribution in [2.45, 2.75) is 88.9 Å². The molecule has 4 aliphatic heterocycles. The molecule has 0 bridgehead atoms. The molecule has 1 aromatic carbocycles. The quantitative estimate of drug-likeness (QED) is 0.192. The van der Waals surface area contributed by atoms with Crippen LogP contribution in [0.15, 0.2) is 54.9 Å². The summed E-state index contributed by atoms with van der Waals surface area (Å²) in [5.74, 6) is -1.19. The smallest absolute Gasteiger partial charge is 0.274 e. The Labute approximate surface area is 336 Å². The number of nitrogens with one attached hydrogen (secondary N) is 2.